The first kappa shape index (κ1) is 17.9. The summed E-state index contributed by atoms with van der Waals surface area (Å²) in [5, 5.41) is 10.7. The van der Waals surface area contributed by atoms with Gasteiger partial charge in [-0.2, -0.15) is 0 Å². The normalized spacial score (nSPS) is 24.4. The SMILES string of the molecule is CCc1nc(CN2CC[C@@](C)(O)[C@H](Oc3cccc(F)c3)C2)c(C)[nH]1. The van der Waals surface area contributed by atoms with Crippen molar-refractivity contribution in [3.05, 3.63) is 47.3 Å². The third kappa shape index (κ3) is 4.19. The van der Waals surface area contributed by atoms with Crippen LogP contribution in [0.15, 0.2) is 24.3 Å². The Bertz CT molecular complexity index is 729. The van der Waals surface area contributed by atoms with Crippen molar-refractivity contribution in [3.63, 3.8) is 0 Å². The molecule has 0 saturated carbocycles. The molecule has 0 spiro atoms. The van der Waals surface area contributed by atoms with Crippen molar-refractivity contribution in [1.82, 2.24) is 14.9 Å². The first-order valence-corrected chi connectivity index (χ1v) is 8.78. The Labute approximate surface area is 147 Å². The van der Waals surface area contributed by atoms with Gasteiger partial charge in [0.1, 0.15) is 29.1 Å². The number of hydrogen-bond donors (Lipinski definition) is 2. The molecule has 2 aromatic rings. The Morgan fingerprint density at radius 3 is 2.96 bits per heavy atom. The third-order valence-corrected chi connectivity index (χ3v) is 4.87. The predicted octanol–water partition coefficient (Wildman–Crippen LogP) is 2.82. The number of hydrogen-bond acceptors (Lipinski definition) is 4. The van der Waals surface area contributed by atoms with Crippen molar-refractivity contribution < 1.29 is 14.2 Å². The zero-order chi connectivity index (χ0) is 18.0. The van der Waals surface area contributed by atoms with Crippen LogP contribution in [-0.2, 0) is 13.0 Å². The number of aryl methyl sites for hydroxylation is 2. The number of H-pyrrole nitrogens is 1. The molecule has 6 heteroatoms. The highest BCUT2D eigenvalue weighted by Crippen LogP contribution is 2.28. The lowest BCUT2D eigenvalue weighted by Crippen LogP contribution is -2.56. The molecule has 25 heavy (non-hydrogen) atoms. The van der Waals surface area contributed by atoms with Gasteiger partial charge >= 0.3 is 0 Å². The van der Waals surface area contributed by atoms with Crippen molar-refractivity contribution in [1.29, 1.82) is 0 Å². The van der Waals surface area contributed by atoms with Gasteiger partial charge < -0.3 is 14.8 Å². The Hall–Kier alpha value is -1.92. The average molecular weight is 347 g/mol. The highest BCUT2D eigenvalue weighted by Gasteiger charge is 2.39. The molecule has 1 aliphatic heterocycles. The minimum Gasteiger partial charge on any atom is -0.486 e. The largest absolute Gasteiger partial charge is 0.486 e. The fraction of sp³-hybridized carbons (Fsp3) is 0.526. The number of aromatic nitrogens is 2. The van der Waals surface area contributed by atoms with E-state index in [-0.39, 0.29) is 5.82 Å². The van der Waals surface area contributed by atoms with E-state index in [0.717, 1.165) is 30.2 Å². The summed E-state index contributed by atoms with van der Waals surface area (Å²) in [7, 11) is 0. The molecule has 1 fully saturated rings. The molecule has 0 bridgehead atoms. The smallest absolute Gasteiger partial charge is 0.140 e. The number of benzene rings is 1. The molecular formula is C19H26FN3O2. The topological polar surface area (TPSA) is 61.4 Å². The number of halogens is 1. The van der Waals surface area contributed by atoms with Gasteiger partial charge in [-0.3, -0.25) is 4.90 Å². The Morgan fingerprint density at radius 1 is 1.48 bits per heavy atom. The van der Waals surface area contributed by atoms with Crippen molar-refractivity contribution >= 4 is 0 Å². The second-order valence-corrected chi connectivity index (χ2v) is 7.01. The lowest BCUT2D eigenvalue weighted by molar-refractivity contribution is -0.0967. The number of aromatic amines is 1. The molecule has 3 rings (SSSR count). The molecule has 1 aromatic heterocycles. The monoisotopic (exact) mass is 347 g/mol. The minimum absolute atomic E-state index is 0.343. The molecule has 2 heterocycles. The standard InChI is InChI=1S/C19H26FN3O2/c1-4-18-21-13(2)16(22-18)11-23-9-8-19(3,24)17(12-23)25-15-7-5-6-14(20)10-15/h5-7,10,17,24H,4,8-9,11-12H2,1-3H3,(H,21,22)/t17-,19-/m1/s1. The third-order valence-electron chi connectivity index (χ3n) is 4.87. The van der Waals surface area contributed by atoms with Crippen LogP contribution in [0.2, 0.25) is 0 Å². The molecule has 5 nitrogen and oxygen atoms in total. The van der Waals surface area contributed by atoms with Gasteiger partial charge in [0.05, 0.1) is 5.69 Å². The lowest BCUT2D eigenvalue weighted by Gasteiger charge is -2.42. The number of likely N-dealkylation sites (tertiary alicyclic amines) is 1. The summed E-state index contributed by atoms with van der Waals surface area (Å²) in [6.45, 7) is 7.93. The molecule has 0 unspecified atom stereocenters. The molecule has 0 amide bonds. The van der Waals surface area contributed by atoms with Crippen LogP contribution in [0, 0.1) is 12.7 Å². The van der Waals surface area contributed by atoms with Crippen LogP contribution < -0.4 is 4.74 Å². The van der Waals surface area contributed by atoms with Crippen LogP contribution >= 0.6 is 0 Å². The van der Waals surface area contributed by atoms with Gasteiger partial charge in [0, 0.05) is 37.8 Å². The molecule has 1 aromatic carbocycles. The highest BCUT2D eigenvalue weighted by atomic mass is 19.1. The number of piperidine rings is 1. The molecule has 1 saturated heterocycles. The molecule has 136 valence electrons. The summed E-state index contributed by atoms with van der Waals surface area (Å²) in [5.74, 6) is 1.09. The number of rotatable bonds is 5. The van der Waals surface area contributed by atoms with Gasteiger partial charge in [-0.05, 0) is 32.4 Å². The summed E-state index contributed by atoms with van der Waals surface area (Å²) in [6, 6.07) is 6.05. The highest BCUT2D eigenvalue weighted by molar-refractivity contribution is 5.23. The van der Waals surface area contributed by atoms with Crippen molar-refractivity contribution in [2.24, 2.45) is 0 Å². The van der Waals surface area contributed by atoms with Gasteiger partial charge in [0.2, 0.25) is 0 Å². The number of nitrogens with one attached hydrogen (secondary N) is 1. The van der Waals surface area contributed by atoms with Crippen LogP contribution in [0.1, 0.15) is 37.5 Å². The van der Waals surface area contributed by atoms with Crippen LogP contribution in [-0.4, -0.2) is 44.8 Å². The van der Waals surface area contributed by atoms with Crippen LogP contribution in [0.3, 0.4) is 0 Å². The van der Waals surface area contributed by atoms with Crippen molar-refractivity contribution in [3.8, 4) is 5.75 Å². The maximum atomic E-state index is 13.4. The van der Waals surface area contributed by atoms with Crippen LogP contribution in [0.5, 0.6) is 5.75 Å². The molecule has 2 atom stereocenters. The van der Waals surface area contributed by atoms with Gasteiger partial charge in [0.25, 0.3) is 0 Å². The lowest BCUT2D eigenvalue weighted by atomic mass is 9.90. The second kappa shape index (κ2) is 7.14. The van der Waals surface area contributed by atoms with Crippen molar-refractivity contribution in [2.75, 3.05) is 13.1 Å². The van der Waals surface area contributed by atoms with Crippen LogP contribution in [0.25, 0.3) is 0 Å². The van der Waals surface area contributed by atoms with Crippen molar-refractivity contribution in [2.45, 2.75) is 51.9 Å². The van der Waals surface area contributed by atoms with E-state index >= 15 is 0 Å². The fourth-order valence-corrected chi connectivity index (χ4v) is 3.18. The zero-order valence-corrected chi connectivity index (χ0v) is 15.1. The molecule has 0 aliphatic carbocycles. The van der Waals surface area contributed by atoms with E-state index in [2.05, 4.69) is 21.8 Å². The molecule has 1 aliphatic rings. The first-order valence-electron chi connectivity index (χ1n) is 8.78. The van der Waals surface area contributed by atoms with E-state index < -0.39 is 11.7 Å². The first-order chi connectivity index (χ1) is 11.9. The van der Waals surface area contributed by atoms with Gasteiger partial charge in [-0.15, -0.1) is 0 Å². The molecule has 0 radical (unpaired) electrons. The Kier molecular flexibility index (Phi) is 5.11. The number of nitrogens with zero attached hydrogens (tertiary/aromatic N) is 2. The second-order valence-electron chi connectivity index (χ2n) is 7.01. The maximum absolute atomic E-state index is 13.4. The zero-order valence-electron chi connectivity index (χ0n) is 15.1. The number of ether oxygens (including phenoxy) is 1. The predicted molar refractivity (Wildman–Crippen MR) is 94.0 cm³/mol. The summed E-state index contributed by atoms with van der Waals surface area (Å²) in [5.41, 5.74) is 1.16. The summed E-state index contributed by atoms with van der Waals surface area (Å²) >= 11 is 0. The summed E-state index contributed by atoms with van der Waals surface area (Å²) in [6.07, 6.45) is 1.05. The molecule has 2 N–H and O–H groups in total. The fourth-order valence-electron chi connectivity index (χ4n) is 3.18. The van der Waals surface area contributed by atoms with E-state index in [1.165, 1.54) is 12.1 Å². The van der Waals surface area contributed by atoms with E-state index in [9.17, 15) is 9.50 Å². The van der Waals surface area contributed by atoms with E-state index in [1.807, 2.05) is 6.92 Å². The van der Waals surface area contributed by atoms with Gasteiger partial charge in [-0.1, -0.05) is 13.0 Å². The van der Waals surface area contributed by atoms with E-state index in [4.69, 9.17) is 4.74 Å². The summed E-state index contributed by atoms with van der Waals surface area (Å²) < 4.78 is 19.3. The Balaban J connectivity index is 1.70. The molecular weight excluding hydrogens is 321 g/mol. The maximum Gasteiger partial charge on any atom is 0.140 e. The minimum atomic E-state index is -0.946. The van der Waals surface area contributed by atoms with Gasteiger partial charge in [-0.25, -0.2) is 9.37 Å². The quantitative estimate of drug-likeness (QED) is 0.873. The van der Waals surface area contributed by atoms with E-state index in [0.29, 0.717) is 25.3 Å². The summed E-state index contributed by atoms with van der Waals surface area (Å²) in [4.78, 5) is 10.2. The Morgan fingerprint density at radius 2 is 2.28 bits per heavy atom. The number of imidazole rings is 1. The van der Waals surface area contributed by atoms with E-state index in [1.54, 1.807) is 19.1 Å². The van der Waals surface area contributed by atoms with Crippen LogP contribution in [0.4, 0.5) is 4.39 Å². The average Bonchev–Trinajstić information content (AvgIpc) is 2.91. The van der Waals surface area contributed by atoms with Gasteiger partial charge in [0.15, 0.2) is 0 Å². The number of aliphatic hydroxyl groups is 1.